The van der Waals surface area contributed by atoms with E-state index in [0.717, 1.165) is 53.9 Å². The first-order valence-electron chi connectivity index (χ1n) is 10.1. The molecule has 0 amide bonds. The molecule has 1 N–H and O–H groups in total. The molecular formula is C23H26N4O3. The first-order chi connectivity index (χ1) is 14.5. The van der Waals surface area contributed by atoms with Crippen molar-refractivity contribution in [3.05, 3.63) is 64.0 Å². The van der Waals surface area contributed by atoms with Crippen LogP contribution in [0, 0.1) is 13.8 Å². The molecule has 7 heteroatoms. The highest BCUT2D eigenvalue weighted by atomic mass is 16.5. The summed E-state index contributed by atoms with van der Waals surface area (Å²) in [6.45, 7) is 6.34. The highest BCUT2D eigenvalue weighted by molar-refractivity contribution is 5.81. The largest absolute Gasteiger partial charge is 0.422 e. The van der Waals surface area contributed by atoms with Crippen LogP contribution in [0.2, 0.25) is 0 Å². The van der Waals surface area contributed by atoms with E-state index in [2.05, 4.69) is 21.4 Å². The Hall–Kier alpha value is -3.03. The van der Waals surface area contributed by atoms with Crippen LogP contribution < -0.4 is 10.9 Å². The molecule has 7 nitrogen and oxygen atoms in total. The van der Waals surface area contributed by atoms with Crippen molar-refractivity contribution in [3.8, 4) is 11.3 Å². The second-order valence-corrected chi connectivity index (χ2v) is 7.49. The number of methoxy groups -OCH3 is 1. The van der Waals surface area contributed by atoms with Gasteiger partial charge in [-0.05, 0) is 50.9 Å². The Kier molecular flexibility index (Phi) is 5.92. The minimum Gasteiger partial charge on any atom is -0.422 e. The van der Waals surface area contributed by atoms with Gasteiger partial charge in [0.25, 0.3) is 0 Å². The summed E-state index contributed by atoms with van der Waals surface area (Å²) in [5.41, 5.74) is 4.88. The molecular weight excluding hydrogens is 380 g/mol. The van der Waals surface area contributed by atoms with Gasteiger partial charge >= 0.3 is 5.63 Å². The summed E-state index contributed by atoms with van der Waals surface area (Å²) in [5, 5.41) is 4.22. The summed E-state index contributed by atoms with van der Waals surface area (Å²) in [5.74, 6) is 0. The molecule has 0 aliphatic rings. The number of nitrogens with zero attached hydrogens (tertiary/aromatic N) is 3. The minimum absolute atomic E-state index is 0.383. The Morgan fingerprint density at radius 2 is 2.00 bits per heavy atom. The smallest absolute Gasteiger partial charge is 0.345 e. The predicted octanol–water partition coefficient (Wildman–Crippen LogP) is 3.29. The molecule has 0 saturated carbocycles. The van der Waals surface area contributed by atoms with Gasteiger partial charge in [-0.3, -0.25) is 4.98 Å². The lowest BCUT2D eigenvalue weighted by atomic mass is 10.1. The van der Waals surface area contributed by atoms with Crippen molar-refractivity contribution in [2.45, 2.75) is 26.7 Å². The average molecular weight is 406 g/mol. The Morgan fingerprint density at radius 1 is 1.13 bits per heavy atom. The SMILES string of the molecule is COCCNCCCc1ccc2cc(-c3cn4cc(C)nc(C)c4n3)c(=O)oc2c1. The van der Waals surface area contributed by atoms with Crippen LogP contribution in [0.25, 0.3) is 27.9 Å². The zero-order chi connectivity index (χ0) is 21.1. The number of benzene rings is 1. The number of hydrogen-bond donors (Lipinski definition) is 1. The Morgan fingerprint density at radius 3 is 2.83 bits per heavy atom. The van der Waals surface area contributed by atoms with E-state index in [0.29, 0.717) is 23.4 Å². The zero-order valence-electron chi connectivity index (χ0n) is 17.6. The van der Waals surface area contributed by atoms with Crippen molar-refractivity contribution in [1.29, 1.82) is 0 Å². The first-order valence-corrected chi connectivity index (χ1v) is 10.1. The van der Waals surface area contributed by atoms with E-state index < -0.39 is 0 Å². The lowest BCUT2D eigenvalue weighted by Gasteiger charge is -2.06. The van der Waals surface area contributed by atoms with Crippen molar-refractivity contribution < 1.29 is 9.15 Å². The van der Waals surface area contributed by atoms with Gasteiger partial charge in [0.1, 0.15) is 5.58 Å². The van der Waals surface area contributed by atoms with Crippen LogP contribution in [0.1, 0.15) is 23.4 Å². The van der Waals surface area contributed by atoms with Crippen LogP contribution in [0.3, 0.4) is 0 Å². The van der Waals surface area contributed by atoms with Gasteiger partial charge in [-0.15, -0.1) is 0 Å². The normalized spacial score (nSPS) is 11.6. The molecule has 3 heterocycles. The maximum Gasteiger partial charge on any atom is 0.345 e. The zero-order valence-corrected chi connectivity index (χ0v) is 17.6. The molecule has 0 aliphatic heterocycles. The summed E-state index contributed by atoms with van der Waals surface area (Å²) in [7, 11) is 1.70. The van der Waals surface area contributed by atoms with Gasteiger partial charge in [0.15, 0.2) is 5.65 Å². The molecule has 0 unspecified atom stereocenters. The second-order valence-electron chi connectivity index (χ2n) is 7.49. The van der Waals surface area contributed by atoms with Crippen LogP contribution in [0.5, 0.6) is 0 Å². The molecule has 4 rings (SSSR count). The number of aromatic nitrogens is 3. The van der Waals surface area contributed by atoms with E-state index in [1.165, 1.54) is 0 Å². The second kappa shape index (κ2) is 8.77. The summed E-state index contributed by atoms with van der Waals surface area (Å²) >= 11 is 0. The maximum atomic E-state index is 12.7. The Labute approximate surface area is 174 Å². The van der Waals surface area contributed by atoms with Crippen molar-refractivity contribution in [3.63, 3.8) is 0 Å². The number of hydrogen-bond acceptors (Lipinski definition) is 6. The van der Waals surface area contributed by atoms with Crippen molar-refractivity contribution in [1.82, 2.24) is 19.7 Å². The van der Waals surface area contributed by atoms with E-state index in [4.69, 9.17) is 9.15 Å². The van der Waals surface area contributed by atoms with Gasteiger partial charge < -0.3 is 18.9 Å². The number of imidazole rings is 1. The Balaban J connectivity index is 1.57. The topological polar surface area (TPSA) is 81.7 Å². The molecule has 3 aromatic heterocycles. The fraction of sp³-hybridized carbons (Fsp3) is 0.348. The Bertz CT molecular complexity index is 1240. The third-order valence-corrected chi connectivity index (χ3v) is 5.10. The van der Waals surface area contributed by atoms with Crippen LogP contribution in [-0.4, -0.2) is 41.2 Å². The average Bonchev–Trinajstić information content (AvgIpc) is 3.14. The van der Waals surface area contributed by atoms with E-state index in [1.807, 2.05) is 48.8 Å². The highest BCUT2D eigenvalue weighted by Gasteiger charge is 2.13. The molecule has 0 atom stereocenters. The number of aryl methyl sites for hydroxylation is 3. The summed E-state index contributed by atoms with van der Waals surface area (Å²) in [6, 6.07) is 7.90. The monoisotopic (exact) mass is 406 g/mol. The van der Waals surface area contributed by atoms with Gasteiger partial charge in [0.2, 0.25) is 0 Å². The maximum absolute atomic E-state index is 12.7. The number of nitrogens with one attached hydrogen (secondary N) is 1. The van der Waals surface area contributed by atoms with Gasteiger partial charge in [0, 0.05) is 31.4 Å². The molecule has 156 valence electrons. The summed E-state index contributed by atoms with van der Waals surface area (Å²) in [6.07, 6.45) is 5.67. The third-order valence-electron chi connectivity index (χ3n) is 5.10. The molecule has 0 aliphatic carbocycles. The van der Waals surface area contributed by atoms with Gasteiger partial charge in [-0.1, -0.05) is 12.1 Å². The molecule has 0 fully saturated rings. The van der Waals surface area contributed by atoms with Crippen LogP contribution >= 0.6 is 0 Å². The van der Waals surface area contributed by atoms with Crippen LogP contribution in [0.15, 0.2) is 45.9 Å². The molecule has 30 heavy (non-hydrogen) atoms. The minimum atomic E-state index is -0.383. The molecule has 0 radical (unpaired) electrons. The van der Waals surface area contributed by atoms with Crippen molar-refractivity contribution in [2.75, 3.05) is 26.8 Å². The molecule has 0 bridgehead atoms. The number of ether oxygens (including phenoxy) is 1. The molecule has 0 spiro atoms. The van der Waals surface area contributed by atoms with E-state index in [1.54, 1.807) is 7.11 Å². The van der Waals surface area contributed by atoms with E-state index in [9.17, 15) is 4.79 Å². The standard InChI is InChI=1S/C23H26N4O3/c1-15-13-27-14-20(26-22(27)16(2)25-15)19-12-18-7-6-17(11-21(18)30-23(19)28)5-4-8-24-9-10-29-3/h6-7,11-14,24H,4-5,8-10H2,1-3H3. The fourth-order valence-corrected chi connectivity index (χ4v) is 3.64. The lowest BCUT2D eigenvalue weighted by Crippen LogP contribution is -2.20. The van der Waals surface area contributed by atoms with E-state index in [-0.39, 0.29) is 5.63 Å². The number of fused-ring (bicyclic) bond motifs is 2. The quantitative estimate of drug-likeness (QED) is 0.357. The molecule has 1 aromatic carbocycles. The number of rotatable bonds is 8. The molecule has 4 aromatic rings. The van der Waals surface area contributed by atoms with Crippen LogP contribution in [0.4, 0.5) is 0 Å². The van der Waals surface area contributed by atoms with Crippen molar-refractivity contribution in [2.24, 2.45) is 0 Å². The van der Waals surface area contributed by atoms with E-state index >= 15 is 0 Å². The van der Waals surface area contributed by atoms with Gasteiger partial charge in [0.05, 0.1) is 29.3 Å². The summed E-state index contributed by atoms with van der Waals surface area (Å²) < 4.78 is 12.6. The molecule has 0 saturated heterocycles. The third kappa shape index (κ3) is 4.27. The van der Waals surface area contributed by atoms with Crippen LogP contribution in [-0.2, 0) is 11.2 Å². The highest BCUT2D eigenvalue weighted by Crippen LogP contribution is 2.23. The summed E-state index contributed by atoms with van der Waals surface area (Å²) in [4.78, 5) is 21.7. The van der Waals surface area contributed by atoms with Gasteiger partial charge in [-0.2, -0.15) is 0 Å². The lowest BCUT2D eigenvalue weighted by molar-refractivity contribution is 0.199. The van der Waals surface area contributed by atoms with Gasteiger partial charge in [-0.25, -0.2) is 9.78 Å². The fourth-order valence-electron chi connectivity index (χ4n) is 3.64. The first kappa shape index (κ1) is 20.3. The predicted molar refractivity (Wildman–Crippen MR) is 117 cm³/mol. The van der Waals surface area contributed by atoms with Crippen molar-refractivity contribution >= 4 is 16.6 Å².